The van der Waals surface area contributed by atoms with E-state index in [0.717, 1.165) is 6.54 Å². The van der Waals surface area contributed by atoms with E-state index in [1.54, 1.807) is 0 Å². The third-order valence-electron chi connectivity index (χ3n) is 2.85. The standard InChI is InChI=1S/C15H24N2O/c1-11(2)9-17-15(18)10-16-13(4)14-7-5-12(3)6-8-14/h5-8,11,13,16H,9-10H2,1-4H3,(H,17,18)/t13-/m1/s1. The number of carbonyl (C=O) groups is 1. The molecule has 0 spiro atoms. The van der Waals surface area contributed by atoms with Crippen LogP contribution < -0.4 is 10.6 Å². The molecule has 0 fully saturated rings. The molecule has 0 saturated carbocycles. The maximum absolute atomic E-state index is 11.6. The number of hydrogen-bond acceptors (Lipinski definition) is 2. The van der Waals surface area contributed by atoms with Gasteiger partial charge in [0, 0.05) is 12.6 Å². The number of hydrogen-bond donors (Lipinski definition) is 2. The van der Waals surface area contributed by atoms with Gasteiger partial charge in [0.2, 0.25) is 5.91 Å². The van der Waals surface area contributed by atoms with Crippen molar-refractivity contribution >= 4 is 5.91 Å². The Morgan fingerprint density at radius 3 is 2.33 bits per heavy atom. The summed E-state index contributed by atoms with van der Waals surface area (Å²) in [6.45, 7) is 9.41. The highest BCUT2D eigenvalue weighted by Gasteiger charge is 2.07. The maximum atomic E-state index is 11.6. The Morgan fingerprint density at radius 2 is 1.78 bits per heavy atom. The minimum Gasteiger partial charge on any atom is -0.355 e. The van der Waals surface area contributed by atoms with Crippen LogP contribution in [0.5, 0.6) is 0 Å². The van der Waals surface area contributed by atoms with Gasteiger partial charge < -0.3 is 10.6 Å². The third kappa shape index (κ3) is 5.32. The fourth-order valence-corrected chi connectivity index (χ4v) is 1.60. The minimum atomic E-state index is 0.0580. The maximum Gasteiger partial charge on any atom is 0.233 e. The van der Waals surface area contributed by atoms with Gasteiger partial charge in [0.25, 0.3) is 0 Å². The van der Waals surface area contributed by atoms with Crippen molar-refractivity contribution < 1.29 is 4.79 Å². The highest BCUT2D eigenvalue weighted by atomic mass is 16.1. The van der Waals surface area contributed by atoms with Gasteiger partial charge in [-0.25, -0.2) is 0 Å². The van der Waals surface area contributed by atoms with Crippen molar-refractivity contribution in [3.8, 4) is 0 Å². The SMILES string of the molecule is Cc1ccc([C@@H](C)NCC(=O)NCC(C)C)cc1. The molecule has 0 aliphatic heterocycles. The van der Waals surface area contributed by atoms with E-state index in [4.69, 9.17) is 0 Å². The molecule has 0 aromatic heterocycles. The average molecular weight is 248 g/mol. The molecule has 18 heavy (non-hydrogen) atoms. The van der Waals surface area contributed by atoms with Gasteiger partial charge in [-0.3, -0.25) is 4.79 Å². The molecule has 1 rings (SSSR count). The van der Waals surface area contributed by atoms with Crippen molar-refractivity contribution in [3.63, 3.8) is 0 Å². The van der Waals surface area contributed by atoms with Crippen LogP contribution >= 0.6 is 0 Å². The summed E-state index contributed by atoms with van der Waals surface area (Å²) < 4.78 is 0. The fraction of sp³-hybridized carbons (Fsp3) is 0.533. The predicted molar refractivity (Wildman–Crippen MR) is 75.4 cm³/mol. The smallest absolute Gasteiger partial charge is 0.233 e. The molecule has 3 heteroatoms. The van der Waals surface area contributed by atoms with Crippen LogP contribution in [0, 0.1) is 12.8 Å². The second-order valence-electron chi connectivity index (χ2n) is 5.21. The molecular formula is C15H24N2O. The first-order valence-corrected chi connectivity index (χ1v) is 6.55. The first-order valence-electron chi connectivity index (χ1n) is 6.55. The van der Waals surface area contributed by atoms with Gasteiger partial charge in [-0.15, -0.1) is 0 Å². The lowest BCUT2D eigenvalue weighted by Crippen LogP contribution is -2.36. The summed E-state index contributed by atoms with van der Waals surface area (Å²) >= 11 is 0. The van der Waals surface area contributed by atoms with Crippen LogP contribution in [-0.2, 0) is 4.79 Å². The summed E-state index contributed by atoms with van der Waals surface area (Å²) in [6, 6.07) is 8.56. The molecule has 1 aromatic rings. The van der Waals surface area contributed by atoms with Crippen LogP contribution in [0.15, 0.2) is 24.3 Å². The zero-order valence-electron chi connectivity index (χ0n) is 11.8. The predicted octanol–water partition coefficient (Wildman–Crippen LogP) is 2.42. The number of nitrogens with one attached hydrogen (secondary N) is 2. The topological polar surface area (TPSA) is 41.1 Å². The lowest BCUT2D eigenvalue weighted by molar-refractivity contribution is -0.120. The van der Waals surface area contributed by atoms with E-state index in [1.807, 2.05) is 0 Å². The van der Waals surface area contributed by atoms with Crippen molar-refractivity contribution in [1.29, 1.82) is 0 Å². The van der Waals surface area contributed by atoms with E-state index in [9.17, 15) is 4.79 Å². The van der Waals surface area contributed by atoms with Gasteiger partial charge in [0.1, 0.15) is 0 Å². The van der Waals surface area contributed by atoms with Crippen LogP contribution in [0.25, 0.3) is 0 Å². The van der Waals surface area contributed by atoms with Crippen LogP contribution in [-0.4, -0.2) is 19.0 Å². The number of benzene rings is 1. The largest absolute Gasteiger partial charge is 0.355 e. The first-order chi connectivity index (χ1) is 8.49. The Hall–Kier alpha value is -1.35. The number of carbonyl (C=O) groups excluding carboxylic acids is 1. The third-order valence-corrected chi connectivity index (χ3v) is 2.85. The summed E-state index contributed by atoms with van der Waals surface area (Å²) in [5, 5.41) is 6.13. The van der Waals surface area contributed by atoms with Crippen LogP contribution in [0.1, 0.15) is 37.9 Å². The average Bonchev–Trinajstić information content (AvgIpc) is 2.34. The summed E-state index contributed by atoms with van der Waals surface area (Å²) in [7, 11) is 0. The molecule has 0 heterocycles. The Kier molecular flexibility index (Phi) is 5.86. The van der Waals surface area contributed by atoms with E-state index in [2.05, 4.69) is 62.6 Å². The van der Waals surface area contributed by atoms with Crippen molar-refractivity contribution in [2.45, 2.75) is 33.7 Å². The Labute approximate surface area is 110 Å². The molecule has 0 bridgehead atoms. The quantitative estimate of drug-likeness (QED) is 0.811. The lowest BCUT2D eigenvalue weighted by Gasteiger charge is -2.15. The summed E-state index contributed by atoms with van der Waals surface area (Å²) in [6.07, 6.45) is 0. The van der Waals surface area contributed by atoms with E-state index < -0.39 is 0 Å². The van der Waals surface area contributed by atoms with Crippen molar-refractivity contribution in [2.75, 3.05) is 13.1 Å². The first kappa shape index (κ1) is 14.7. The molecule has 2 N–H and O–H groups in total. The Bertz CT molecular complexity index is 371. The molecule has 100 valence electrons. The highest BCUT2D eigenvalue weighted by molar-refractivity contribution is 5.78. The number of rotatable bonds is 6. The number of aryl methyl sites for hydroxylation is 1. The molecule has 0 aliphatic carbocycles. The zero-order chi connectivity index (χ0) is 13.5. The molecule has 0 radical (unpaired) electrons. The van der Waals surface area contributed by atoms with Crippen molar-refractivity contribution in [2.24, 2.45) is 5.92 Å². The molecule has 1 aromatic carbocycles. The molecule has 0 aliphatic rings. The molecule has 1 atom stereocenters. The van der Waals surface area contributed by atoms with Crippen LogP contribution in [0.4, 0.5) is 0 Å². The molecular weight excluding hydrogens is 224 g/mol. The zero-order valence-corrected chi connectivity index (χ0v) is 11.8. The van der Waals surface area contributed by atoms with E-state index >= 15 is 0 Å². The Morgan fingerprint density at radius 1 is 1.17 bits per heavy atom. The second-order valence-corrected chi connectivity index (χ2v) is 5.21. The number of amides is 1. The van der Waals surface area contributed by atoms with E-state index in [1.165, 1.54) is 11.1 Å². The Balaban J connectivity index is 2.34. The minimum absolute atomic E-state index is 0.0580. The van der Waals surface area contributed by atoms with E-state index in [0.29, 0.717) is 12.5 Å². The summed E-state index contributed by atoms with van der Waals surface area (Å²) in [5.41, 5.74) is 2.46. The van der Waals surface area contributed by atoms with Crippen molar-refractivity contribution in [3.05, 3.63) is 35.4 Å². The molecule has 1 amide bonds. The second kappa shape index (κ2) is 7.17. The van der Waals surface area contributed by atoms with Gasteiger partial charge in [-0.1, -0.05) is 43.7 Å². The molecule has 3 nitrogen and oxygen atoms in total. The fourth-order valence-electron chi connectivity index (χ4n) is 1.60. The van der Waals surface area contributed by atoms with E-state index in [-0.39, 0.29) is 11.9 Å². The van der Waals surface area contributed by atoms with Crippen molar-refractivity contribution in [1.82, 2.24) is 10.6 Å². The lowest BCUT2D eigenvalue weighted by atomic mass is 10.1. The van der Waals surface area contributed by atoms with Gasteiger partial charge in [-0.2, -0.15) is 0 Å². The molecule has 0 unspecified atom stereocenters. The van der Waals surface area contributed by atoms with Gasteiger partial charge in [0.05, 0.1) is 6.54 Å². The van der Waals surface area contributed by atoms with Gasteiger partial charge in [-0.05, 0) is 25.3 Å². The van der Waals surface area contributed by atoms with Gasteiger partial charge >= 0.3 is 0 Å². The van der Waals surface area contributed by atoms with Crippen LogP contribution in [0.2, 0.25) is 0 Å². The highest BCUT2D eigenvalue weighted by Crippen LogP contribution is 2.12. The van der Waals surface area contributed by atoms with Crippen LogP contribution in [0.3, 0.4) is 0 Å². The normalized spacial score (nSPS) is 12.5. The summed E-state index contributed by atoms with van der Waals surface area (Å²) in [5.74, 6) is 0.547. The van der Waals surface area contributed by atoms with Gasteiger partial charge in [0.15, 0.2) is 0 Å². The molecule has 0 saturated heterocycles. The monoisotopic (exact) mass is 248 g/mol. The summed E-state index contributed by atoms with van der Waals surface area (Å²) in [4.78, 5) is 11.6.